The normalized spacial score (nSPS) is 12.1. The van der Waals surface area contributed by atoms with Gasteiger partial charge in [0.2, 0.25) is 0 Å². The smallest absolute Gasteiger partial charge is 0.330 e. The van der Waals surface area contributed by atoms with Gasteiger partial charge in [0, 0.05) is 12.1 Å². The molecule has 0 saturated carbocycles. The summed E-state index contributed by atoms with van der Waals surface area (Å²) >= 11 is 0. The molecular weight excluding hydrogens is 481 g/mol. The molecule has 4 aromatic rings. The van der Waals surface area contributed by atoms with E-state index in [1.807, 2.05) is 74.5 Å². The molecule has 3 aromatic carbocycles. The van der Waals surface area contributed by atoms with Crippen LogP contribution in [0.15, 0.2) is 83.7 Å². The van der Waals surface area contributed by atoms with E-state index in [2.05, 4.69) is 0 Å². The quantitative estimate of drug-likeness (QED) is 0.331. The van der Waals surface area contributed by atoms with Gasteiger partial charge in [-0.3, -0.25) is 9.36 Å². The van der Waals surface area contributed by atoms with Crippen molar-refractivity contribution in [3.63, 3.8) is 0 Å². The number of nitrogens with zero attached hydrogens (tertiary/aromatic N) is 4. The number of benzene rings is 3. The summed E-state index contributed by atoms with van der Waals surface area (Å²) in [6.45, 7) is 6.65. The SMILES string of the molecule is Cc1ccc(C(=O)N(CCCN)C(c2nn(-c3ccccc3)c(=O)n2Cc2ccccc2)C(C)C)cc1F. The fraction of sp³-hybridized carbons (Fsp3) is 0.300. The molecule has 1 amide bonds. The predicted molar refractivity (Wildman–Crippen MR) is 147 cm³/mol. The van der Waals surface area contributed by atoms with Crippen LogP contribution in [0.25, 0.3) is 5.69 Å². The number of rotatable bonds is 10. The molecule has 0 bridgehead atoms. The highest BCUT2D eigenvalue weighted by atomic mass is 19.1. The van der Waals surface area contributed by atoms with Crippen LogP contribution in [0, 0.1) is 18.7 Å². The first-order chi connectivity index (χ1) is 18.3. The standard InChI is InChI=1S/C30H34FN5O2/c1-21(2)27(34(18-10-17-32)29(37)24-16-15-22(3)26(31)19-24)28-33-36(25-13-8-5-9-14-25)30(38)35(28)20-23-11-6-4-7-12-23/h4-9,11-16,19,21,27H,10,17-18,20,32H2,1-3H3. The van der Waals surface area contributed by atoms with E-state index in [0.717, 1.165) is 5.56 Å². The summed E-state index contributed by atoms with van der Waals surface area (Å²) in [4.78, 5) is 29.3. The fourth-order valence-electron chi connectivity index (χ4n) is 4.60. The number of carbonyl (C=O) groups excluding carboxylic acids is 1. The lowest BCUT2D eigenvalue weighted by molar-refractivity contribution is 0.0603. The van der Waals surface area contributed by atoms with E-state index in [1.165, 1.54) is 10.7 Å². The zero-order valence-electron chi connectivity index (χ0n) is 22.0. The van der Waals surface area contributed by atoms with Crippen LogP contribution in [0.5, 0.6) is 0 Å². The van der Waals surface area contributed by atoms with Gasteiger partial charge in [0.25, 0.3) is 5.91 Å². The van der Waals surface area contributed by atoms with Crippen molar-refractivity contribution >= 4 is 5.91 Å². The fourth-order valence-corrected chi connectivity index (χ4v) is 4.60. The lowest BCUT2D eigenvalue weighted by Crippen LogP contribution is -2.41. The zero-order chi connectivity index (χ0) is 27.2. The highest BCUT2D eigenvalue weighted by Crippen LogP contribution is 2.30. The van der Waals surface area contributed by atoms with Crippen LogP contribution < -0.4 is 11.4 Å². The molecule has 1 unspecified atom stereocenters. The third-order valence-electron chi connectivity index (χ3n) is 6.59. The van der Waals surface area contributed by atoms with Crippen molar-refractivity contribution in [1.82, 2.24) is 19.2 Å². The van der Waals surface area contributed by atoms with Crippen LogP contribution >= 0.6 is 0 Å². The minimum atomic E-state index is -0.556. The average Bonchev–Trinajstić information content (AvgIpc) is 3.23. The number of carbonyl (C=O) groups is 1. The largest absolute Gasteiger partial charge is 0.351 e. The van der Waals surface area contributed by atoms with E-state index in [-0.39, 0.29) is 23.1 Å². The number of hydrogen-bond acceptors (Lipinski definition) is 4. The Balaban J connectivity index is 1.88. The second-order valence-corrected chi connectivity index (χ2v) is 9.75. The topological polar surface area (TPSA) is 86.2 Å². The first-order valence-electron chi connectivity index (χ1n) is 12.9. The molecule has 0 aliphatic carbocycles. The van der Waals surface area contributed by atoms with Gasteiger partial charge in [-0.1, -0.05) is 68.4 Å². The number of aryl methyl sites for hydroxylation is 1. The van der Waals surface area contributed by atoms with Crippen molar-refractivity contribution in [2.24, 2.45) is 11.7 Å². The van der Waals surface area contributed by atoms with Gasteiger partial charge >= 0.3 is 5.69 Å². The number of hydrogen-bond donors (Lipinski definition) is 1. The second-order valence-electron chi connectivity index (χ2n) is 9.75. The first kappa shape index (κ1) is 27.0. The van der Waals surface area contributed by atoms with Gasteiger partial charge in [0.15, 0.2) is 5.82 Å². The van der Waals surface area contributed by atoms with Crippen molar-refractivity contribution in [3.8, 4) is 5.69 Å². The molecule has 0 radical (unpaired) electrons. The minimum Gasteiger partial charge on any atom is -0.330 e. The summed E-state index contributed by atoms with van der Waals surface area (Å²) in [5.41, 5.74) is 7.82. The summed E-state index contributed by atoms with van der Waals surface area (Å²) in [7, 11) is 0. The van der Waals surface area contributed by atoms with E-state index in [1.54, 1.807) is 28.5 Å². The molecule has 1 aromatic heterocycles. The number of halogens is 1. The molecular formula is C30H34FN5O2. The number of aromatic nitrogens is 3. The van der Waals surface area contributed by atoms with Crippen LogP contribution in [0.2, 0.25) is 0 Å². The predicted octanol–water partition coefficient (Wildman–Crippen LogP) is 4.72. The summed E-state index contributed by atoms with van der Waals surface area (Å²) in [6.07, 6.45) is 0.547. The molecule has 4 rings (SSSR count). The van der Waals surface area contributed by atoms with E-state index in [4.69, 9.17) is 10.8 Å². The third-order valence-corrected chi connectivity index (χ3v) is 6.59. The number of amides is 1. The van der Waals surface area contributed by atoms with Crippen LogP contribution in [0.3, 0.4) is 0 Å². The van der Waals surface area contributed by atoms with Gasteiger partial charge in [-0.25, -0.2) is 9.18 Å². The van der Waals surface area contributed by atoms with E-state index >= 15 is 0 Å². The van der Waals surface area contributed by atoms with E-state index in [9.17, 15) is 14.0 Å². The van der Waals surface area contributed by atoms with Gasteiger partial charge in [0.05, 0.1) is 18.3 Å². The molecule has 0 spiro atoms. The van der Waals surface area contributed by atoms with Crippen molar-refractivity contribution in [1.29, 1.82) is 0 Å². The third kappa shape index (κ3) is 5.75. The van der Waals surface area contributed by atoms with Gasteiger partial charge < -0.3 is 10.6 Å². The highest BCUT2D eigenvalue weighted by molar-refractivity contribution is 5.94. The number of para-hydroxylation sites is 1. The van der Waals surface area contributed by atoms with Crippen LogP contribution in [0.4, 0.5) is 4.39 Å². The van der Waals surface area contributed by atoms with Crippen LogP contribution in [-0.4, -0.2) is 38.2 Å². The Kier molecular flexibility index (Phi) is 8.53. The number of nitrogens with two attached hydrogens (primary N) is 1. The van der Waals surface area contributed by atoms with Crippen molar-refractivity contribution in [2.75, 3.05) is 13.1 Å². The van der Waals surface area contributed by atoms with Gasteiger partial charge in [-0.2, -0.15) is 4.68 Å². The van der Waals surface area contributed by atoms with E-state index in [0.29, 0.717) is 43.1 Å². The van der Waals surface area contributed by atoms with Gasteiger partial charge in [-0.05, 0) is 61.2 Å². The summed E-state index contributed by atoms with van der Waals surface area (Å²) < 4.78 is 17.4. The Labute approximate surface area is 222 Å². The zero-order valence-corrected chi connectivity index (χ0v) is 22.0. The first-order valence-corrected chi connectivity index (χ1v) is 12.9. The molecule has 2 N–H and O–H groups in total. The Hall–Kier alpha value is -4.04. The lowest BCUT2D eigenvalue weighted by Gasteiger charge is -2.34. The molecule has 38 heavy (non-hydrogen) atoms. The lowest BCUT2D eigenvalue weighted by atomic mass is 9.99. The molecule has 0 fully saturated rings. The maximum Gasteiger partial charge on any atom is 0.351 e. The molecule has 8 heteroatoms. The molecule has 0 saturated heterocycles. The van der Waals surface area contributed by atoms with Gasteiger partial charge in [-0.15, -0.1) is 5.10 Å². The maximum absolute atomic E-state index is 14.4. The van der Waals surface area contributed by atoms with E-state index < -0.39 is 11.9 Å². The molecule has 198 valence electrons. The highest BCUT2D eigenvalue weighted by Gasteiger charge is 2.34. The molecule has 7 nitrogen and oxygen atoms in total. The maximum atomic E-state index is 14.4. The van der Waals surface area contributed by atoms with Crippen molar-refractivity contribution in [3.05, 3.63) is 118 Å². The Morgan fingerprint density at radius 1 is 1.03 bits per heavy atom. The summed E-state index contributed by atoms with van der Waals surface area (Å²) in [5, 5.41) is 4.80. The van der Waals surface area contributed by atoms with Crippen LogP contribution in [0.1, 0.15) is 53.6 Å². The molecule has 1 heterocycles. The Bertz CT molecular complexity index is 1430. The Morgan fingerprint density at radius 2 is 1.68 bits per heavy atom. The summed E-state index contributed by atoms with van der Waals surface area (Å²) in [6, 6.07) is 22.8. The Morgan fingerprint density at radius 3 is 2.29 bits per heavy atom. The molecule has 1 atom stereocenters. The monoisotopic (exact) mass is 515 g/mol. The summed E-state index contributed by atoms with van der Waals surface area (Å²) in [5.74, 6) is -0.405. The minimum absolute atomic E-state index is 0.104. The average molecular weight is 516 g/mol. The molecule has 0 aliphatic heterocycles. The molecule has 0 aliphatic rings. The van der Waals surface area contributed by atoms with Crippen molar-refractivity contribution in [2.45, 2.75) is 39.8 Å². The van der Waals surface area contributed by atoms with Gasteiger partial charge in [0.1, 0.15) is 5.82 Å². The van der Waals surface area contributed by atoms with Crippen LogP contribution in [-0.2, 0) is 6.54 Å². The van der Waals surface area contributed by atoms with Crippen molar-refractivity contribution < 1.29 is 9.18 Å². The second kappa shape index (κ2) is 12.0.